The van der Waals surface area contributed by atoms with Crippen molar-refractivity contribution in [3.05, 3.63) is 40.2 Å². The topological polar surface area (TPSA) is 197 Å². The van der Waals surface area contributed by atoms with Crippen molar-refractivity contribution in [3.63, 3.8) is 0 Å². The van der Waals surface area contributed by atoms with Gasteiger partial charge in [0.1, 0.15) is 54.0 Å². The van der Waals surface area contributed by atoms with E-state index < -0.39 is 79.5 Å². The van der Waals surface area contributed by atoms with Crippen molar-refractivity contribution in [1.82, 2.24) is 5.32 Å². The van der Waals surface area contributed by atoms with Crippen LogP contribution in [0.1, 0.15) is 19.4 Å². The van der Waals surface area contributed by atoms with Crippen LogP contribution >= 0.6 is 0 Å². The summed E-state index contributed by atoms with van der Waals surface area (Å²) in [5.74, 6) is -0.328. The van der Waals surface area contributed by atoms with E-state index in [0.29, 0.717) is 10.9 Å². The van der Waals surface area contributed by atoms with Gasteiger partial charge in [-0.2, -0.15) is 0 Å². The molecule has 1 aromatic heterocycles. The predicted molar refractivity (Wildman–Crippen MR) is 124 cm³/mol. The van der Waals surface area contributed by atoms with Gasteiger partial charge in [-0.1, -0.05) is 0 Å². The Balaban J connectivity index is 1.58. The minimum atomic E-state index is -1.67. The van der Waals surface area contributed by atoms with Crippen LogP contribution < -0.4 is 15.7 Å². The Hall–Kier alpha value is -2.62. The van der Waals surface area contributed by atoms with E-state index in [9.17, 15) is 35.1 Å². The molecule has 6 N–H and O–H groups in total. The first kappa shape index (κ1) is 27.4. The fraction of sp³-hybridized carbons (Fsp3) is 0.583. The third-order valence-corrected chi connectivity index (χ3v) is 6.50. The number of aryl methyl sites for hydroxylation is 1. The first-order chi connectivity index (χ1) is 17.5. The van der Waals surface area contributed by atoms with E-state index in [2.05, 4.69) is 5.32 Å². The highest BCUT2D eigenvalue weighted by molar-refractivity contribution is 5.81. The lowest BCUT2D eigenvalue weighted by Crippen LogP contribution is -2.67. The van der Waals surface area contributed by atoms with Gasteiger partial charge in [-0.15, -0.1) is 0 Å². The second-order valence-electron chi connectivity index (χ2n) is 9.25. The van der Waals surface area contributed by atoms with Crippen LogP contribution in [-0.2, 0) is 19.0 Å². The summed E-state index contributed by atoms with van der Waals surface area (Å²) in [6.07, 6.45) is -12.4. The molecule has 2 aromatic rings. The van der Waals surface area contributed by atoms with Crippen molar-refractivity contribution in [2.24, 2.45) is 0 Å². The molecule has 4 rings (SSSR count). The minimum Gasteiger partial charge on any atom is -0.462 e. The average Bonchev–Trinajstić information content (AvgIpc) is 2.84. The van der Waals surface area contributed by atoms with Crippen LogP contribution in [0, 0.1) is 6.92 Å². The molecule has 1 amide bonds. The van der Waals surface area contributed by atoms with Gasteiger partial charge in [-0.05, 0) is 31.5 Å². The zero-order chi connectivity index (χ0) is 27.0. The number of aliphatic hydroxyl groups excluding tert-OH is 5. The molecule has 0 aliphatic carbocycles. The molecule has 0 saturated carbocycles. The monoisotopic (exact) mass is 525 g/mol. The molecule has 2 fully saturated rings. The van der Waals surface area contributed by atoms with Crippen LogP contribution in [0.2, 0.25) is 0 Å². The van der Waals surface area contributed by atoms with E-state index in [1.54, 1.807) is 19.1 Å². The van der Waals surface area contributed by atoms with Gasteiger partial charge in [-0.25, -0.2) is 4.79 Å². The van der Waals surface area contributed by atoms with E-state index in [1.807, 2.05) is 0 Å². The third-order valence-electron chi connectivity index (χ3n) is 6.50. The maximum absolute atomic E-state index is 11.9. The van der Waals surface area contributed by atoms with E-state index in [-0.39, 0.29) is 11.3 Å². The summed E-state index contributed by atoms with van der Waals surface area (Å²) in [6.45, 7) is 3.79. The molecule has 13 nitrogen and oxygen atoms in total. The fourth-order valence-electron chi connectivity index (χ4n) is 4.52. The summed E-state index contributed by atoms with van der Waals surface area (Å²) in [7, 11) is 0. The van der Waals surface area contributed by atoms with Crippen LogP contribution in [0.3, 0.4) is 0 Å². The van der Waals surface area contributed by atoms with Gasteiger partial charge in [0.25, 0.3) is 0 Å². The van der Waals surface area contributed by atoms with Crippen molar-refractivity contribution >= 4 is 16.9 Å². The lowest BCUT2D eigenvalue weighted by Gasteiger charge is -2.46. The number of hydrogen-bond acceptors (Lipinski definition) is 12. The Kier molecular flexibility index (Phi) is 8.16. The van der Waals surface area contributed by atoms with Gasteiger partial charge >= 0.3 is 5.63 Å². The Bertz CT molecular complexity index is 1170. The van der Waals surface area contributed by atoms with Crippen LogP contribution in [-0.4, -0.2) is 99.4 Å². The van der Waals surface area contributed by atoms with E-state index in [1.165, 1.54) is 26.0 Å². The molecule has 204 valence electrons. The number of hydrogen-bond donors (Lipinski definition) is 6. The molecule has 0 spiro atoms. The number of carbonyl (C=O) groups excluding carboxylic acids is 1. The predicted octanol–water partition coefficient (Wildman–Crippen LogP) is -1.72. The van der Waals surface area contributed by atoms with E-state index in [4.69, 9.17) is 23.4 Å². The molecule has 3 heterocycles. The fourth-order valence-corrected chi connectivity index (χ4v) is 4.52. The highest BCUT2D eigenvalue weighted by Crippen LogP contribution is 2.31. The number of rotatable bonds is 6. The quantitative estimate of drug-likeness (QED) is 0.234. The van der Waals surface area contributed by atoms with Crippen LogP contribution in [0.5, 0.6) is 5.75 Å². The van der Waals surface area contributed by atoms with Crippen molar-refractivity contribution in [3.8, 4) is 5.75 Å². The maximum atomic E-state index is 11.9. The molecule has 0 radical (unpaired) electrons. The SMILES string of the molecule is CC(=O)NC1C(Oc2ccc3c(C)cc(=O)oc3c2)OC(CO)C(OC2OC(C)C(O)C(O)C2O)C1O. The zero-order valence-electron chi connectivity index (χ0n) is 20.4. The first-order valence-electron chi connectivity index (χ1n) is 11.8. The molecule has 0 bridgehead atoms. The largest absolute Gasteiger partial charge is 0.462 e. The molecule has 2 saturated heterocycles. The van der Waals surface area contributed by atoms with Gasteiger partial charge in [0, 0.05) is 24.4 Å². The van der Waals surface area contributed by atoms with Crippen LogP contribution in [0.25, 0.3) is 11.0 Å². The highest BCUT2D eigenvalue weighted by Gasteiger charge is 2.51. The second-order valence-corrected chi connectivity index (χ2v) is 9.25. The normalized spacial score (nSPS) is 36.3. The number of fused-ring (bicyclic) bond motifs is 1. The smallest absolute Gasteiger partial charge is 0.336 e. The number of aliphatic hydroxyl groups is 5. The molecule has 37 heavy (non-hydrogen) atoms. The van der Waals surface area contributed by atoms with Crippen LogP contribution in [0.4, 0.5) is 0 Å². The second kappa shape index (κ2) is 11.0. The summed E-state index contributed by atoms with van der Waals surface area (Å²) >= 11 is 0. The zero-order valence-corrected chi connectivity index (χ0v) is 20.4. The van der Waals surface area contributed by atoms with E-state index >= 15 is 0 Å². The van der Waals surface area contributed by atoms with Gasteiger partial charge in [-0.3, -0.25) is 4.79 Å². The summed E-state index contributed by atoms with van der Waals surface area (Å²) in [6, 6.07) is 4.87. The summed E-state index contributed by atoms with van der Waals surface area (Å²) < 4.78 is 28.1. The molecule has 2 aliphatic rings. The molecule has 2 aliphatic heterocycles. The van der Waals surface area contributed by atoms with E-state index in [0.717, 1.165) is 0 Å². The van der Waals surface area contributed by atoms with Gasteiger partial charge in [0.15, 0.2) is 6.29 Å². The Morgan fingerprint density at radius 1 is 1.03 bits per heavy atom. The van der Waals surface area contributed by atoms with Gasteiger partial charge in [0.2, 0.25) is 12.2 Å². The molecular formula is C24H31NO12. The minimum absolute atomic E-state index is 0.196. The number of nitrogens with one attached hydrogen (secondary N) is 1. The van der Waals surface area contributed by atoms with Crippen molar-refractivity contribution in [2.75, 3.05) is 6.61 Å². The molecule has 13 heteroatoms. The molecule has 1 aromatic carbocycles. The van der Waals surface area contributed by atoms with Crippen molar-refractivity contribution in [2.45, 2.75) is 82.1 Å². The molecule has 10 atom stereocenters. The summed E-state index contributed by atoms with van der Waals surface area (Å²) in [5, 5.41) is 54.7. The van der Waals surface area contributed by atoms with Gasteiger partial charge in [0.05, 0.1) is 12.7 Å². The van der Waals surface area contributed by atoms with Crippen LogP contribution in [0.15, 0.2) is 33.5 Å². The molecular weight excluding hydrogens is 494 g/mol. The first-order valence-corrected chi connectivity index (χ1v) is 11.8. The number of carbonyl (C=O) groups is 1. The Morgan fingerprint density at radius 2 is 1.76 bits per heavy atom. The lowest BCUT2D eigenvalue weighted by atomic mass is 9.95. The van der Waals surface area contributed by atoms with Gasteiger partial charge < -0.3 is 54.2 Å². The number of amides is 1. The summed E-state index contributed by atoms with van der Waals surface area (Å²) in [5.41, 5.74) is 0.424. The standard InChI is InChI=1S/C24H31NO12/c1-9-6-16(28)35-14-7-12(4-5-13(9)14)34-23-17(25-11(3)27)19(30)22(15(8-26)36-23)37-24-21(32)20(31)18(29)10(2)33-24/h4-7,10,15,17-24,26,29-32H,8H2,1-3H3,(H,25,27). The highest BCUT2D eigenvalue weighted by atomic mass is 16.7. The third kappa shape index (κ3) is 5.63. The maximum Gasteiger partial charge on any atom is 0.336 e. The lowest BCUT2D eigenvalue weighted by molar-refractivity contribution is -0.339. The molecule has 10 unspecified atom stereocenters. The Morgan fingerprint density at radius 3 is 2.43 bits per heavy atom. The summed E-state index contributed by atoms with van der Waals surface area (Å²) in [4.78, 5) is 23.7. The Labute approximate surface area is 211 Å². The average molecular weight is 526 g/mol. The number of ether oxygens (including phenoxy) is 4. The number of benzene rings is 1. The van der Waals surface area contributed by atoms with Crippen molar-refractivity contribution < 1.29 is 53.7 Å². The van der Waals surface area contributed by atoms with Crippen molar-refractivity contribution in [1.29, 1.82) is 0 Å².